The summed E-state index contributed by atoms with van der Waals surface area (Å²) < 4.78 is 13.5. The van der Waals surface area contributed by atoms with E-state index in [-0.39, 0.29) is 17.2 Å². The number of hydrogen-bond acceptors (Lipinski definition) is 5. The average molecular weight is 646 g/mol. The van der Waals surface area contributed by atoms with E-state index in [1.165, 1.54) is 54.2 Å². The van der Waals surface area contributed by atoms with Gasteiger partial charge in [-0.15, -0.1) is 11.8 Å². The van der Waals surface area contributed by atoms with Crippen molar-refractivity contribution in [2.24, 2.45) is 0 Å². The molecule has 1 atom stereocenters. The van der Waals surface area contributed by atoms with Gasteiger partial charge in [0.2, 0.25) is 5.91 Å². The van der Waals surface area contributed by atoms with Crippen LogP contribution in [0.2, 0.25) is 0 Å². The monoisotopic (exact) mass is 645 g/mol. The number of hydrogen-bond donors (Lipinski definition) is 4. The number of carboxylic acid groups (broad SMARTS) is 1. The van der Waals surface area contributed by atoms with Crippen molar-refractivity contribution < 1.29 is 28.7 Å². The molecule has 0 saturated carbocycles. The van der Waals surface area contributed by atoms with Crippen LogP contribution in [0, 0.1) is 5.82 Å². The average Bonchev–Trinajstić information content (AvgIpc) is 3.08. The number of halogens is 1. The van der Waals surface area contributed by atoms with Gasteiger partial charge in [-0.1, -0.05) is 72.8 Å². The van der Waals surface area contributed by atoms with E-state index >= 15 is 0 Å². The Morgan fingerprint density at radius 3 is 1.98 bits per heavy atom. The molecule has 3 amide bonds. The van der Waals surface area contributed by atoms with E-state index in [1.54, 1.807) is 66.7 Å². The molecule has 0 bridgehead atoms. The van der Waals surface area contributed by atoms with Crippen molar-refractivity contribution in [3.8, 4) is 0 Å². The summed E-state index contributed by atoms with van der Waals surface area (Å²) in [6, 6.07) is 35.9. The van der Waals surface area contributed by atoms with E-state index in [0.29, 0.717) is 33.0 Å². The molecular formula is C37H28FN3O5S. The van der Waals surface area contributed by atoms with Crippen LogP contribution < -0.4 is 16.0 Å². The molecule has 5 rings (SSSR count). The second-order valence-corrected chi connectivity index (χ2v) is 11.4. The minimum Gasteiger partial charge on any atom is -0.478 e. The fourth-order valence-corrected chi connectivity index (χ4v) is 5.57. The van der Waals surface area contributed by atoms with Gasteiger partial charge in [-0.3, -0.25) is 14.4 Å². The first kappa shape index (κ1) is 32.4. The Bertz CT molecular complexity index is 1930. The Labute approximate surface area is 274 Å². The lowest BCUT2D eigenvalue weighted by molar-refractivity contribution is -0.116. The standard InChI is InChI=1S/C37H28FN3O5S/c38-28-19-17-24(18-20-28)21-32(41-34(42)26-11-5-2-6-12-26)35(43)39-30-15-8-16-31(23-30)47-33(25-9-3-1-4-10-25)36(44)40-29-14-7-13-27(22-29)37(45)46/h1-23,33H,(H,39,43)(H,40,44)(H,41,42)(H,45,46)/b32-21-. The van der Waals surface area contributed by atoms with Crippen molar-refractivity contribution in [3.63, 3.8) is 0 Å². The first-order valence-corrected chi connectivity index (χ1v) is 15.2. The lowest BCUT2D eigenvalue weighted by Crippen LogP contribution is -2.30. The van der Waals surface area contributed by atoms with Crippen molar-refractivity contribution >= 4 is 52.9 Å². The van der Waals surface area contributed by atoms with Crippen LogP contribution in [0.1, 0.15) is 37.1 Å². The summed E-state index contributed by atoms with van der Waals surface area (Å²) in [7, 11) is 0. The minimum absolute atomic E-state index is 0.0444. The maximum Gasteiger partial charge on any atom is 0.335 e. The number of amides is 3. The number of rotatable bonds is 11. The molecule has 0 fully saturated rings. The van der Waals surface area contributed by atoms with Gasteiger partial charge in [0.05, 0.1) is 5.56 Å². The highest BCUT2D eigenvalue weighted by atomic mass is 32.2. The van der Waals surface area contributed by atoms with Gasteiger partial charge in [0.15, 0.2) is 0 Å². The van der Waals surface area contributed by atoms with Crippen LogP contribution in [-0.4, -0.2) is 28.8 Å². The predicted octanol–water partition coefficient (Wildman–Crippen LogP) is 7.41. The quantitative estimate of drug-likeness (QED) is 0.0876. The lowest BCUT2D eigenvalue weighted by atomic mass is 10.1. The van der Waals surface area contributed by atoms with Crippen LogP contribution in [0.25, 0.3) is 6.08 Å². The van der Waals surface area contributed by atoms with E-state index in [2.05, 4.69) is 16.0 Å². The third-order valence-electron chi connectivity index (χ3n) is 6.77. The molecule has 4 N–H and O–H groups in total. The Morgan fingerprint density at radius 2 is 1.30 bits per heavy atom. The van der Waals surface area contributed by atoms with Gasteiger partial charge in [0, 0.05) is 21.8 Å². The first-order valence-electron chi connectivity index (χ1n) is 14.4. The molecule has 47 heavy (non-hydrogen) atoms. The van der Waals surface area contributed by atoms with E-state index < -0.39 is 28.9 Å². The summed E-state index contributed by atoms with van der Waals surface area (Å²) >= 11 is 1.24. The SMILES string of the molecule is O=C(Nc1cccc(SC(C(=O)Nc2cccc(C(=O)O)c2)c2ccccc2)c1)/C(=C/c1ccc(F)cc1)NC(=O)c1ccccc1. The number of benzene rings is 5. The predicted molar refractivity (Wildman–Crippen MR) is 180 cm³/mol. The van der Waals surface area contributed by atoms with E-state index in [9.17, 15) is 28.7 Å². The van der Waals surface area contributed by atoms with Crippen LogP contribution in [0.15, 0.2) is 144 Å². The summed E-state index contributed by atoms with van der Waals surface area (Å²) in [4.78, 5) is 52.1. The van der Waals surface area contributed by atoms with Crippen molar-refractivity contribution in [1.82, 2.24) is 5.32 Å². The molecule has 0 radical (unpaired) electrons. The third kappa shape index (κ3) is 9.03. The van der Waals surface area contributed by atoms with Crippen LogP contribution in [0.3, 0.4) is 0 Å². The number of carbonyl (C=O) groups is 4. The zero-order valence-electron chi connectivity index (χ0n) is 24.7. The normalized spacial score (nSPS) is 11.6. The minimum atomic E-state index is -1.11. The summed E-state index contributed by atoms with van der Waals surface area (Å²) in [6.45, 7) is 0. The summed E-state index contributed by atoms with van der Waals surface area (Å²) in [5, 5.41) is 16.9. The van der Waals surface area contributed by atoms with Gasteiger partial charge in [0.25, 0.3) is 11.8 Å². The van der Waals surface area contributed by atoms with Gasteiger partial charge < -0.3 is 21.1 Å². The smallest absolute Gasteiger partial charge is 0.335 e. The summed E-state index contributed by atoms with van der Waals surface area (Å²) in [5.74, 6) is -3.02. The number of thioether (sulfide) groups is 1. The Kier molecular flexibility index (Phi) is 10.6. The maximum atomic E-state index is 13.5. The summed E-state index contributed by atoms with van der Waals surface area (Å²) in [5.41, 5.74) is 2.29. The number of aromatic carboxylic acids is 1. The molecule has 1 unspecified atom stereocenters. The molecule has 10 heteroatoms. The molecule has 8 nitrogen and oxygen atoms in total. The van der Waals surface area contributed by atoms with Crippen LogP contribution in [0.4, 0.5) is 15.8 Å². The van der Waals surface area contributed by atoms with Crippen LogP contribution in [-0.2, 0) is 9.59 Å². The molecule has 234 valence electrons. The zero-order chi connectivity index (χ0) is 33.2. The zero-order valence-corrected chi connectivity index (χ0v) is 25.5. The maximum absolute atomic E-state index is 13.5. The molecule has 0 aliphatic rings. The Morgan fingerprint density at radius 1 is 0.681 bits per heavy atom. The van der Waals surface area contributed by atoms with Crippen molar-refractivity contribution in [1.29, 1.82) is 0 Å². The Balaban J connectivity index is 1.37. The number of carbonyl (C=O) groups excluding carboxylic acids is 3. The largest absolute Gasteiger partial charge is 0.478 e. The fraction of sp³-hybridized carbons (Fsp3) is 0.0270. The summed E-state index contributed by atoms with van der Waals surface area (Å²) in [6.07, 6.45) is 1.45. The second kappa shape index (κ2) is 15.3. The van der Waals surface area contributed by atoms with Crippen LogP contribution in [0.5, 0.6) is 0 Å². The Hall–Kier alpha value is -6.00. The van der Waals surface area contributed by atoms with Crippen molar-refractivity contribution in [3.05, 3.63) is 167 Å². The van der Waals surface area contributed by atoms with E-state index in [1.807, 2.05) is 30.3 Å². The number of nitrogens with one attached hydrogen (secondary N) is 3. The molecule has 0 spiro atoms. The molecular weight excluding hydrogens is 617 g/mol. The molecule has 0 aromatic heterocycles. The van der Waals surface area contributed by atoms with Gasteiger partial charge >= 0.3 is 5.97 Å². The van der Waals surface area contributed by atoms with Crippen molar-refractivity contribution in [2.75, 3.05) is 10.6 Å². The lowest BCUT2D eigenvalue weighted by Gasteiger charge is -2.18. The van der Waals surface area contributed by atoms with Crippen molar-refractivity contribution in [2.45, 2.75) is 10.1 Å². The molecule has 0 saturated heterocycles. The number of carboxylic acids is 1. The van der Waals surface area contributed by atoms with E-state index in [4.69, 9.17) is 0 Å². The third-order valence-corrected chi connectivity index (χ3v) is 8.02. The number of anilines is 2. The molecule has 0 aliphatic heterocycles. The van der Waals surface area contributed by atoms with Gasteiger partial charge in [-0.25, -0.2) is 9.18 Å². The molecule has 5 aromatic rings. The van der Waals surface area contributed by atoms with Crippen LogP contribution >= 0.6 is 11.8 Å². The van der Waals surface area contributed by atoms with Gasteiger partial charge in [-0.2, -0.15) is 0 Å². The molecule has 0 aliphatic carbocycles. The molecule has 0 heterocycles. The second-order valence-electron chi connectivity index (χ2n) is 10.2. The fourth-order valence-electron chi connectivity index (χ4n) is 4.49. The molecule has 5 aromatic carbocycles. The van der Waals surface area contributed by atoms with Gasteiger partial charge in [-0.05, 0) is 77.9 Å². The highest BCUT2D eigenvalue weighted by Gasteiger charge is 2.23. The van der Waals surface area contributed by atoms with E-state index in [0.717, 1.165) is 0 Å². The van der Waals surface area contributed by atoms with Gasteiger partial charge in [0.1, 0.15) is 16.8 Å². The highest BCUT2D eigenvalue weighted by Crippen LogP contribution is 2.37. The topological polar surface area (TPSA) is 125 Å². The highest BCUT2D eigenvalue weighted by molar-refractivity contribution is 8.00. The first-order chi connectivity index (χ1) is 22.7.